The lowest BCUT2D eigenvalue weighted by Gasteiger charge is -2.29. The number of carbonyl (C=O) groups excluding carboxylic acids is 2. The first-order valence-corrected chi connectivity index (χ1v) is 13.3. The molecule has 0 aliphatic carbocycles. The van der Waals surface area contributed by atoms with Crippen LogP contribution in [0.15, 0.2) is 66.7 Å². The van der Waals surface area contributed by atoms with Crippen molar-refractivity contribution in [3.63, 3.8) is 0 Å². The van der Waals surface area contributed by atoms with Gasteiger partial charge in [0.2, 0.25) is 5.91 Å². The molecule has 1 N–H and O–H groups in total. The normalized spacial score (nSPS) is 15.9. The van der Waals surface area contributed by atoms with Gasteiger partial charge in [-0.1, -0.05) is 41.9 Å². The Morgan fingerprint density at radius 1 is 0.868 bits per heavy atom. The summed E-state index contributed by atoms with van der Waals surface area (Å²) in [6.45, 7) is 2.18. The molecule has 2 heterocycles. The first kappa shape index (κ1) is 25.8. The van der Waals surface area contributed by atoms with Crippen LogP contribution in [-0.4, -0.2) is 54.0 Å². The van der Waals surface area contributed by atoms with Crippen LogP contribution in [0.2, 0.25) is 5.02 Å². The van der Waals surface area contributed by atoms with E-state index in [2.05, 4.69) is 29.2 Å². The van der Waals surface area contributed by atoms with E-state index in [4.69, 9.17) is 11.6 Å². The standard InChI is InChI=1S/C30H30ClN3O4/c31-24-9-4-21(5-10-24)19-34-27-13-8-23(22-6-11-25(12-7-22)32-15-2-1-3-16-32)18-26(27)30(38)33(20-28(34)35)17-14-29(36)37/h4-13,18H,1-3,14-17,19-20H2,(H,36,37). The molecule has 8 heteroatoms. The van der Waals surface area contributed by atoms with Crippen molar-refractivity contribution in [3.8, 4) is 11.1 Å². The highest BCUT2D eigenvalue weighted by atomic mass is 35.5. The smallest absolute Gasteiger partial charge is 0.305 e. The number of aliphatic carboxylic acids is 1. The molecule has 7 nitrogen and oxygen atoms in total. The van der Waals surface area contributed by atoms with Gasteiger partial charge in [-0.15, -0.1) is 0 Å². The molecule has 3 aromatic rings. The molecule has 0 unspecified atom stereocenters. The number of nitrogens with zero attached hydrogens (tertiary/aromatic N) is 3. The number of carboxylic acid groups (broad SMARTS) is 1. The Morgan fingerprint density at radius 3 is 2.24 bits per heavy atom. The summed E-state index contributed by atoms with van der Waals surface area (Å²) in [5.74, 6) is -1.63. The number of hydrogen-bond donors (Lipinski definition) is 1. The summed E-state index contributed by atoms with van der Waals surface area (Å²) in [5.41, 5.74) is 4.80. The van der Waals surface area contributed by atoms with Crippen molar-refractivity contribution >= 4 is 40.8 Å². The van der Waals surface area contributed by atoms with E-state index in [-0.39, 0.29) is 37.9 Å². The van der Waals surface area contributed by atoms with E-state index in [1.165, 1.54) is 29.8 Å². The zero-order valence-electron chi connectivity index (χ0n) is 21.1. The second kappa shape index (κ2) is 11.3. The van der Waals surface area contributed by atoms with Gasteiger partial charge >= 0.3 is 5.97 Å². The number of anilines is 2. The second-order valence-electron chi connectivity index (χ2n) is 9.80. The summed E-state index contributed by atoms with van der Waals surface area (Å²) in [4.78, 5) is 43.5. The zero-order chi connectivity index (χ0) is 26.6. The Bertz CT molecular complexity index is 1330. The van der Waals surface area contributed by atoms with Crippen molar-refractivity contribution in [2.75, 3.05) is 36.0 Å². The van der Waals surface area contributed by atoms with Crippen LogP contribution in [0.25, 0.3) is 11.1 Å². The van der Waals surface area contributed by atoms with Gasteiger partial charge in [-0.25, -0.2) is 0 Å². The van der Waals surface area contributed by atoms with Crippen molar-refractivity contribution in [2.24, 2.45) is 0 Å². The van der Waals surface area contributed by atoms with E-state index in [0.717, 1.165) is 29.8 Å². The van der Waals surface area contributed by atoms with Crippen LogP contribution in [0.1, 0.15) is 41.6 Å². The summed E-state index contributed by atoms with van der Waals surface area (Å²) in [6.07, 6.45) is 3.46. The Kier molecular flexibility index (Phi) is 7.65. The van der Waals surface area contributed by atoms with E-state index in [1.54, 1.807) is 17.0 Å². The van der Waals surface area contributed by atoms with Crippen molar-refractivity contribution in [3.05, 3.63) is 82.9 Å². The Hall–Kier alpha value is -3.84. The van der Waals surface area contributed by atoms with Crippen LogP contribution in [-0.2, 0) is 16.1 Å². The van der Waals surface area contributed by atoms with Crippen LogP contribution in [0.5, 0.6) is 0 Å². The van der Waals surface area contributed by atoms with Gasteiger partial charge in [-0.2, -0.15) is 0 Å². The number of fused-ring (bicyclic) bond motifs is 1. The summed E-state index contributed by atoms with van der Waals surface area (Å²) >= 11 is 6.04. The van der Waals surface area contributed by atoms with Gasteiger partial charge in [0.05, 0.1) is 24.2 Å². The molecule has 1 fully saturated rings. The lowest BCUT2D eigenvalue weighted by Crippen LogP contribution is -2.40. The van der Waals surface area contributed by atoms with Gasteiger partial charge in [0.1, 0.15) is 6.54 Å². The second-order valence-corrected chi connectivity index (χ2v) is 10.2. The van der Waals surface area contributed by atoms with Crippen molar-refractivity contribution in [1.29, 1.82) is 0 Å². The molecule has 5 rings (SSSR count). The maximum atomic E-state index is 13.6. The topological polar surface area (TPSA) is 81.2 Å². The first-order valence-electron chi connectivity index (χ1n) is 12.9. The van der Waals surface area contributed by atoms with E-state index in [9.17, 15) is 19.5 Å². The highest BCUT2D eigenvalue weighted by Crippen LogP contribution is 2.33. The minimum atomic E-state index is -1.02. The van der Waals surface area contributed by atoms with Crippen LogP contribution in [0.3, 0.4) is 0 Å². The third-order valence-corrected chi connectivity index (χ3v) is 7.46. The van der Waals surface area contributed by atoms with E-state index < -0.39 is 5.97 Å². The molecular formula is C30H30ClN3O4. The Morgan fingerprint density at radius 2 is 1.55 bits per heavy atom. The van der Waals surface area contributed by atoms with Gasteiger partial charge in [0.25, 0.3) is 5.91 Å². The number of piperidine rings is 1. The molecule has 0 aromatic heterocycles. The van der Waals surface area contributed by atoms with Crippen LogP contribution in [0.4, 0.5) is 11.4 Å². The molecule has 2 amide bonds. The third-order valence-electron chi connectivity index (χ3n) is 7.20. The zero-order valence-corrected chi connectivity index (χ0v) is 21.9. The first-order chi connectivity index (χ1) is 18.4. The fourth-order valence-corrected chi connectivity index (χ4v) is 5.25. The van der Waals surface area contributed by atoms with E-state index in [0.29, 0.717) is 16.3 Å². The van der Waals surface area contributed by atoms with Gasteiger partial charge in [-0.3, -0.25) is 14.4 Å². The minimum absolute atomic E-state index is 0.0388. The van der Waals surface area contributed by atoms with Crippen LogP contribution in [0, 0.1) is 0 Å². The predicted molar refractivity (Wildman–Crippen MR) is 149 cm³/mol. The lowest BCUT2D eigenvalue weighted by molar-refractivity contribution is -0.137. The number of halogens is 1. The number of benzene rings is 3. The fraction of sp³-hybridized carbons (Fsp3) is 0.300. The quantitative estimate of drug-likeness (QED) is 0.438. The number of amides is 2. The van der Waals surface area contributed by atoms with Crippen molar-refractivity contribution < 1.29 is 19.5 Å². The molecule has 3 aromatic carbocycles. The van der Waals surface area contributed by atoms with E-state index in [1.807, 2.05) is 30.3 Å². The number of hydrogen-bond acceptors (Lipinski definition) is 4. The molecule has 0 atom stereocenters. The molecule has 0 saturated carbocycles. The molecular weight excluding hydrogens is 502 g/mol. The summed E-state index contributed by atoms with van der Waals surface area (Å²) < 4.78 is 0. The molecule has 2 aliphatic rings. The average molecular weight is 532 g/mol. The van der Waals surface area contributed by atoms with Crippen molar-refractivity contribution in [1.82, 2.24) is 4.90 Å². The minimum Gasteiger partial charge on any atom is -0.481 e. The SMILES string of the molecule is O=C(O)CCN1CC(=O)N(Cc2ccc(Cl)cc2)c2ccc(-c3ccc(N4CCCCC4)cc3)cc2C1=O. The number of carbonyl (C=O) groups is 3. The van der Waals surface area contributed by atoms with Gasteiger partial charge in [0.15, 0.2) is 0 Å². The number of carboxylic acids is 1. The highest BCUT2D eigenvalue weighted by molar-refractivity contribution is 6.30. The molecule has 38 heavy (non-hydrogen) atoms. The third kappa shape index (κ3) is 5.68. The van der Waals surface area contributed by atoms with Crippen LogP contribution >= 0.6 is 11.6 Å². The average Bonchev–Trinajstić information content (AvgIpc) is 3.03. The molecule has 0 radical (unpaired) electrons. The van der Waals surface area contributed by atoms with E-state index >= 15 is 0 Å². The Labute approximate surface area is 227 Å². The molecule has 0 bridgehead atoms. The maximum absolute atomic E-state index is 13.6. The van der Waals surface area contributed by atoms with Gasteiger partial charge < -0.3 is 19.8 Å². The van der Waals surface area contributed by atoms with Gasteiger partial charge in [0, 0.05) is 30.3 Å². The molecule has 0 spiro atoms. The lowest BCUT2D eigenvalue weighted by atomic mass is 9.99. The summed E-state index contributed by atoms with van der Waals surface area (Å²) in [6, 6.07) is 21.1. The molecule has 196 valence electrons. The molecule has 1 saturated heterocycles. The van der Waals surface area contributed by atoms with Crippen molar-refractivity contribution in [2.45, 2.75) is 32.2 Å². The Balaban J connectivity index is 1.49. The monoisotopic (exact) mass is 531 g/mol. The van der Waals surface area contributed by atoms with Crippen LogP contribution < -0.4 is 9.80 Å². The fourth-order valence-electron chi connectivity index (χ4n) is 5.12. The summed E-state index contributed by atoms with van der Waals surface area (Å²) in [5, 5.41) is 9.79. The largest absolute Gasteiger partial charge is 0.481 e. The highest BCUT2D eigenvalue weighted by Gasteiger charge is 2.32. The summed E-state index contributed by atoms with van der Waals surface area (Å²) in [7, 11) is 0. The number of rotatable bonds is 7. The van der Waals surface area contributed by atoms with Gasteiger partial charge in [-0.05, 0) is 72.4 Å². The predicted octanol–water partition coefficient (Wildman–Crippen LogP) is 5.46. The maximum Gasteiger partial charge on any atom is 0.305 e. The molecule has 2 aliphatic heterocycles.